The fourth-order valence-electron chi connectivity index (χ4n) is 2.41. The normalized spacial score (nSPS) is 17.0. The van der Waals surface area contributed by atoms with E-state index in [-0.39, 0.29) is 43.8 Å². The highest BCUT2D eigenvalue weighted by Crippen LogP contribution is 2.11. The van der Waals surface area contributed by atoms with Crippen LogP contribution in [0.3, 0.4) is 0 Å². The number of ether oxygens (including phenoxy) is 1. The molecule has 1 atom stereocenters. The molecule has 1 aromatic carbocycles. The predicted molar refractivity (Wildman–Crippen MR) is 92.4 cm³/mol. The van der Waals surface area contributed by atoms with Crippen molar-refractivity contribution in [3.05, 3.63) is 30.1 Å². The molecule has 1 saturated heterocycles. The Hall–Kier alpha value is -0.630. The van der Waals surface area contributed by atoms with Gasteiger partial charge in [0.1, 0.15) is 24.3 Å². The van der Waals surface area contributed by atoms with Gasteiger partial charge in [0.05, 0.1) is 6.61 Å². The van der Waals surface area contributed by atoms with E-state index in [2.05, 4.69) is 9.80 Å². The lowest BCUT2D eigenvalue weighted by molar-refractivity contribution is 0.0428. The maximum absolute atomic E-state index is 12.7. The molecule has 0 spiro atoms. The van der Waals surface area contributed by atoms with Crippen LogP contribution in [0, 0.1) is 5.82 Å². The summed E-state index contributed by atoms with van der Waals surface area (Å²) in [5.74, 6) is 0.256. The molecule has 1 aromatic rings. The Morgan fingerprint density at radius 3 is 2.17 bits per heavy atom. The number of hydrogen-bond acceptors (Lipinski definition) is 5. The van der Waals surface area contributed by atoms with Crippen LogP contribution in [0.2, 0.25) is 0 Å². The first-order valence-electron chi connectivity index (χ1n) is 7.29. The summed E-state index contributed by atoms with van der Waals surface area (Å²) in [6.07, 6.45) is -0.570. The van der Waals surface area contributed by atoms with Gasteiger partial charge in [-0.2, -0.15) is 0 Å². The maximum atomic E-state index is 12.7. The summed E-state index contributed by atoms with van der Waals surface area (Å²) in [5, 5.41) is 18.9. The van der Waals surface area contributed by atoms with Crippen molar-refractivity contribution in [1.82, 2.24) is 9.80 Å². The van der Waals surface area contributed by atoms with Crippen molar-refractivity contribution in [2.45, 2.75) is 6.10 Å². The van der Waals surface area contributed by atoms with E-state index in [1.54, 1.807) is 12.1 Å². The zero-order valence-corrected chi connectivity index (χ0v) is 14.6. The van der Waals surface area contributed by atoms with Gasteiger partial charge in [0.25, 0.3) is 0 Å². The minimum atomic E-state index is -0.570. The Kier molecular flexibility index (Phi) is 11.5. The van der Waals surface area contributed by atoms with Gasteiger partial charge in [0, 0.05) is 39.3 Å². The lowest BCUT2D eigenvalue weighted by Crippen LogP contribution is -2.49. The molecule has 0 bridgehead atoms. The van der Waals surface area contributed by atoms with Crippen LogP contribution in [0.5, 0.6) is 5.75 Å². The van der Waals surface area contributed by atoms with Crippen LogP contribution in [0.25, 0.3) is 0 Å². The van der Waals surface area contributed by atoms with Crippen LogP contribution in [-0.2, 0) is 0 Å². The van der Waals surface area contributed by atoms with Crippen molar-refractivity contribution >= 4 is 24.8 Å². The molecule has 0 aromatic heterocycles. The summed E-state index contributed by atoms with van der Waals surface area (Å²) < 4.78 is 18.2. The van der Waals surface area contributed by atoms with Crippen LogP contribution in [0.1, 0.15) is 0 Å². The zero-order valence-electron chi connectivity index (χ0n) is 12.9. The molecule has 1 unspecified atom stereocenters. The smallest absolute Gasteiger partial charge is 0.123 e. The number of hydrogen-bond donors (Lipinski definition) is 2. The molecule has 2 N–H and O–H groups in total. The minimum Gasteiger partial charge on any atom is -0.491 e. The SMILES string of the molecule is Cl.Cl.OCCN1CCN(CC(O)COc2ccc(F)cc2)CC1. The number of halogens is 3. The fourth-order valence-corrected chi connectivity index (χ4v) is 2.41. The molecular weight excluding hydrogens is 346 g/mol. The largest absolute Gasteiger partial charge is 0.491 e. The Bertz CT molecular complexity index is 418. The van der Waals surface area contributed by atoms with Crippen LogP contribution in [-0.4, -0.2) is 78.6 Å². The summed E-state index contributed by atoms with van der Waals surface area (Å²) in [6, 6.07) is 5.77. The number of piperazine rings is 1. The van der Waals surface area contributed by atoms with E-state index in [0.717, 1.165) is 26.2 Å². The minimum absolute atomic E-state index is 0. The molecule has 1 aliphatic rings. The Morgan fingerprint density at radius 1 is 1.04 bits per heavy atom. The summed E-state index contributed by atoms with van der Waals surface area (Å²) in [5.41, 5.74) is 0. The van der Waals surface area contributed by atoms with Gasteiger partial charge in [0.2, 0.25) is 0 Å². The molecule has 0 radical (unpaired) electrons. The van der Waals surface area contributed by atoms with E-state index in [9.17, 15) is 9.50 Å². The first-order valence-corrected chi connectivity index (χ1v) is 7.29. The molecule has 0 aliphatic carbocycles. The Labute approximate surface area is 148 Å². The molecule has 8 heteroatoms. The third-order valence-electron chi connectivity index (χ3n) is 3.61. The van der Waals surface area contributed by atoms with Crippen LogP contribution < -0.4 is 4.74 Å². The van der Waals surface area contributed by atoms with Crippen molar-refractivity contribution < 1.29 is 19.3 Å². The van der Waals surface area contributed by atoms with E-state index in [1.807, 2.05) is 0 Å². The molecule has 23 heavy (non-hydrogen) atoms. The predicted octanol–water partition coefficient (Wildman–Crippen LogP) is 1.02. The molecule has 0 amide bonds. The monoisotopic (exact) mass is 370 g/mol. The van der Waals surface area contributed by atoms with E-state index < -0.39 is 6.10 Å². The molecule has 1 aliphatic heterocycles. The van der Waals surface area contributed by atoms with Crippen LogP contribution in [0.4, 0.5) is 4.39 Å². The van der Waals surface area contributed by atoms with Crippen LogP contribution >= 0.6 is 24.8 Å². The standard InChI is InChI=1S/C15H23FN2O3.2ClH/c16-13-1-3-15(4-2-13)21-12-14(20)11-18-7-5-17(6-8-18)9-10-19;;/h1-4,14,19-20H,5-12H2;2*1H. The number of aliphatic hydroxyl groups excluding tert-OH is 2. The van der Waals surface area contributed by atoms with Gasteiger partial charge in [0.15, 0.2) is 0 Å². The van der Waals surface area contributed by atoms with E-state index in [0.29, 0.717) is 18.8 Å². The highest BCUT2D eigenvalue weighted by atomic mass is 35.5. The first kappa shape index (κ1) is 22.4. The number of aliphatic hydroxyl groups is 2. The van der Waals surface area contributed by atoms with Crippen molar-refractivity contribution in [3.63, 3.8) is 0 Å². The topological polar surface area (TPSA) is 56.2 Å². The summed E-state index contributed by atoms with van der Waals surface area (Å²) >= 11 is 0. The third kappa shape index (κ3) is 8.15. The molecular formula is C15H25Cl2FN2O3. The molecule has 5 nitrogen and oxygen atoms in total. The number of benzene rings is 1. The summed E-state index contributed by atoms with van der Waals surface area (Å²) in [4.78, 5) is 4.39. The second kappa shape index (κ2) is 11.8. The van der Waals surface area contributed by atoms with Gasteiger partial charge in [-0.25, -0.2) is 4.39 Å². The van der Waals surface area contributed by atoms with Gasteiger partial charge in [-0.05, 0) is 24.3 Å². The lowest BCUT2D eigenvalue weighted by Gasteiger charge is -2.35. The van der Waals surface area contributed by atoms with Gasteiger partial charge in [-0.3, -0.25) is 9.80 Å². The molecule has 0 saturated carbocycles. The van der Waals surface area contributed by atoms with Crippen molar-refractivity contribution in [2.24, 2.45) is 0 Å². The van der Waals surface area contributed by atoms with E-state index in [1.165, 1.54) is 12.1 Å². The first-order chi connectivity index (χ1) is 10.2. The maximum Gasteiger partial charge on any atom is 0.123 e. The average Bonchev–Trinajstić information content (AvgIpc) is 2.49. The van der Waals surface area contributed by atoms with Crippen LogP contribution in [0.15, 0.2) is 24.3 Å². The quantitative estimate of drug-likeness (QED) is 0.750. The summed E-state index contributed by atoms with van der Waals surface area (Å²) in [7, 11) is 0. The van der Waals surface area contributed by atoms with Crippen molar-refractivity contribution in [1.29, 1.82) is 0 Å². The number of β-amino-alcohol motifs (C(OH)–C–C–N with tert-alkyl or cyclic N) is 2. The second-order valence-corrected chi connectivity index (χ2v) is 5.28. The average molecular weight is 371 g/mol. The van der Waals surface area contributed by atoms with Gasteiger partial charge in [-0.1, -0.05) is 0 Å². The fraction of sp³-hybridized carbons (Fsp3) is 0.600. The van der Waals surface area contributed by atoms with E-state index in [4.69, 9.17) is 9.84 Å². The lowest BCUT2D eigenvalue weighted by atomic mass is 10.2. The molecule has 1 heterocycles. The Morgan fingerprint density at radius 2 is 1.61 bits per heavy atom. The number of nitrogens with zero attached hydrogens (tertiary/aromatic N) is 2. The van der Waals surface area contributed by atoms with Gasteiger partial charge in [-0.15, -0.1) is 24.8 Å². The number of rotatable bonds is 7. The van der Waals surface area contributed by atoms with E-state index >= 15 is 0 Å². The molecule has 1 fully saturated rings. The third-order valence-corrected chi connectivity index (χ3v) is 3.61. The highest BCUT2D eigenvalue weighted by Gasteiger charge is 2.19. The molecule has 134 valence electrons. The van der Waals surface area contributed by atoms with Gasteiger partial charge < -0.3 is 14.9 Å². The second-order valence-electron chi connectivity index (χ2n) is 5.28. The van der Waals surface area contributed by atoms with Crippen molar-refractivity contribution in [2.75, 3.05) is 52.5 Å². The molecule has 2 rings (SSSR count). The Balaban J connectivity index is 0.00000242. The van der Waals surface area contributed by atoms with Gasteiger partial charge >= 0.3 is 0 Å². The van der Waals surface area contributed by atoms with Crippen molar-refractivity contribution in [3.8, 4) is 5.75 Å². The highest BCUT2D eigenvalue weighted by molar-refractivity contribution is 5.85. The summed E-state index contributed by atoms with van der Waals surface area (Å²) in [6.45, 7) is 5.24. The zero-order chi connectivity index (χ0) is 15.1.